The summed E-state index contributed by atoms with van der Waals surface area (Å²) in [5.41, 5.74) is 2.95. The highest BCUT2D eigenvalue weighted by Gasteiger charge is 2.39. The molecule has 6 nitrogen and oxygen atoms in total. The molecule has 0 bridgehead atoms. The molecule has 4 heterocycles. The van der Waals surface area contributed by atoms with E-state index in [4.69, 9.17) is 4.74 Å². The molecule has 2 atom stereocenters. The molecule has 0 aliphatic carbocycles. The van der Waals surface area contributed by atoms with Gasteiger partial charge in [0.2, 0.25) is 0 Å². The lowest BCUT2D eigenvalue weighted by molar-refractivity contribution is -0.00704. The number of hydrogen-bond acceptors (Lipinski definition) is 4. The molecule has 1 aromatic rings. The average molecular weight is 361 g/mol. The minimum Gasteiger partial charge on any atom is -0.369 e. The van der Waals surface area contributed by atoms with Crippen LogP contribution >= 0.6 is 0 Å². The molecule has 4 rings (SSSR count). The van der Waals surface area contributed by atoms with Crippen molar-refractivity contribution >= 4 is 5.91 Å². The lowest BCUT2D eigenvalue weighted by Gasteiger charge is -2.42. The average Bonchev–Trinajstić information content (AvgIpc) is 3.17. The van der Waals surface area contributed by atoms with Crippen LogP contribution < -0.4 is 0 Å². The van der Waals surface area contributed by atoms with E-state index in [1.807, 2.05) is 11.8 Å². The van der Waals surface area contributed by atoms with Crippen molar-refractivity contribution in [3.05, 3.63) is 17.0 Å². The molecule has 2 saturated heterocycles. The summed E-state index contributed by atoms with van der Waals surface area (Å²) in [5.74, 6) is 0.0860. The van der Waals surface area contributed by atoms with Gasteiger partial charge in [-0.15, -0.1) is 0 Å². The fraction of sp³-hybridized carbons (Fsp3) is 0.800. The van der Waals surface area contributed by atoms with Gasteiger partial charge in [0.15, 0.2) is 5.69 Å². The van der Waals surface area contributed by atoms with Crippen molar-refractivity contribution in [3.8, 4) is 0 Å². The van der Waals surface area contributed by atoms with Crippen LogP contribution in [0.2, 0.25) is 0 Å². The van der Waals surface area contributed by atoms with Gasteiger partial charge in [-0.25, -0.2) is 0 Å². The normalized spacial score (nSPS) is 29.8. The predicted octanol–water partition coefficient (Wildman–Crippen LogP) is 2.91. The molecule has 144 valence electrons. The molecule has 0 radical (unpaired) electrons. The molecule has 0 saturated carbocycles. The molecular weight excluding hydrogens is 328 g/mol. The van der Waals surface area contributed by atoms with Crippen molar-refractivity contribution in [2.45, 2.75) is 83.6 Å². The zero-order valence-electron chi connectivity index (χ0n) is 16.5. The second kappa shape index (κ2) is 6.64. The summed E-state index contributed by atoms with van der Waals surface area (Å²) in [6.07, 6.45) is 5.58. The number of rotatable bonds is 2. The summed E-state index contributed by atoms with van der Waals surface area (Å²) in [5, 5.41) is 7.42. The van der Waals surface area contributed by atoms with Gasteiger partial charge in [0.25, 0.3) is 5.91 Å². The Labute approximate surface area is 156 Å². The van der Waals surface area contributed by atoms with Crippen LogP contribution in [0.1, 0.15) is 81.2 Å². The van der Waals surface area contributed by atoms with Crippen LogP contribution in [-0.4, -0.2) is 63.2 Å². The molecule has 2 fully saturated rings. The maximum absolute atomic E-state index is 13.1. The number of nitrogens with zero attached hydrogens (tertiary/aromatic N) is 3. The number of H-pyrrole nitrogens is 1. The van der Waals surface area contributed by atoms with Crippen LogP contribution in [0.15, 0.2) is 0 Å². The maximum atomic E-state index is 13.1. The highest BCUT2D eigenvalue weighted by molar-refractivity contribution is 5.94. The molecule has 6 heteroatoms. The Morgan fingerprint density at radius 1 is 1.23 bits per heavy atom. The first-order valence-corrected chi connectivity index (χ1v) is 10.2. The van der Waals surface area contributed by atoms with Crippen LogP contribution in [0.3, 0.4) is 0 Å². The largest absolute Gasteiger partial charge is 0.369 e. The van der Waals surface area contributed by atoms with Crippen LogP contribution in [0, 0.1) is 0 Å². The molecular formula is C20H32N4O2. The topological polar surface area (TPSA) is 61.5 Å². The number of hydrogen-bond donors (Lipinski definition) is 1. The maximum Gasteiger partial charge on any atom is 0.274 e. The zero-order chi connectivity index (χ0) is 18.5. The number of piperidine rings is 1. The van der Waals surface area contributed by atoms with Crippen molar-refractivity contribution in [3.63, 3.8) is 0 Å². The van der Waals surface area contributed by atoms with E-state index in [2.05, 4.69) is 35.9 Å². The number of aromatic nitrogens is 2. The molecule has 0 unspecified atom stereocenters. The predicted molar refractivity (Wildman–Crippen MR) is 100 cm³/mol. The number of carbonyl (C=O) groups is 1. The second-order valence-electron chi connectivity index (χ2n) is 8.89. The van der Waals surface area contributed by atoms with Crippen LogP contribution in [0.4, 0.5) is 0 Å². The van der Waals surface area contributed by atoms with E-state index >= 15 is 0 Å². The van der Waals surface area contributed by atoms with Gasteiger partial charge < -0.3 is 9.64 Å². The number of carbonyl (C=O) groups excluding carboxylic acids is 1. The SMILES string of the molecule is C[C@@H]1Cc2c(C(=O)N3CCC(N4CCCC4(C)C)CC3)n[nH]c2[C@H](C)O1. The number of ether oxygens (including phenoxy) is 1. The third-order valence-electron chi connectivity index (χ3n) is 6.59. The minimum absolute atomic E-state index is 0.0223. The summed E-state index contributed by atoms with van der Waals surface area (Å²) in [6.45, 7) is 11.7. The Balaban J connectivity index is 1.43. The molecule has 1 N–H and O–H groups in total. The third kappa shape index (κ3) is 3.07. The van der Waals surface area contributed by atoms with Gasteiger partial charge in [-0.05, 0) is 59.9 Å². The molecule has 3 aliphatic rings. The highest BCUT2D eigenvalue weighted by atomic mass is 16.5. The standard InChI is InChI=1S/C20H32N4O2/c1-13-12-16-17(14(2)26-13)21-22-18(16)19(25)23-10-6-15(7-11-23)24-9-5-8-20(24,3)4/h13-15H,5-12H2,1-4H3,(H,21,22)/t13-,14+/m1/s1. The molecule has 1 aromatic heterocycles. The van der Waals surface area contributed by atoms with E-state index < -0.39 is 0 Å². The molecule has 0 spiro atoms. The smallest absolute Gasteiger partial charge is 0.274 e. The van der Waals surface area contributed by atoms with Crippen LogP contribution in [0.25, 0.3) is 0 Å². The van der Waals surface area contributed by atoms with Crippen molar-refractivity contribution in [2.24, 2.45) is 0 Å². The fourth-order valence-corrected chi connectivity index (χ4v) is 5.19. The summed E-state index contributed by atoms with van der Waals surface area (Å²) in [7, 11) is 0. The first-order valence-electron chi connectivity index (χ1n) is 10.2. The minimum atomic E-state index is -0.0223. The van der Waals surface area contributed by atoms with Gasteiger partial charge in [-0.3, -0.25) is 14.8 Å². The van der Waals surface area contributed by atoms with E-state index in [-0.39, 0.29) is 18.1 Å². The summed E-state index contributed by atoms with van der Waals surface area (Å²) < 4.78 is 5.84. The number of aromatic amines is 1. The van der Waals surface area contributed by atoms with Crippen LogP contribution in [-0.2, 0) is 11.2 Å². The Morgan fingerprint density at radius 2 is 1.96 bits per heavy atom. The number of likely N-dealkylation sites (tertiary alicyclic amines) is 2. The van der Waals surface area contributed by atoms with Gasteiger partial charge in [-0.2, -0.15) is 5.10 Å². The number of fused-ring (bicyclic) bond motifs is 1. The van der Waals surface area contributed by atoms with E-state index in [0.29, 0.717) is 17.3 Å². The van der Waals surface area contributed by atoms with E-state index in [0.717, 1.165) is 43.6 Å². The van der Waals surface area contributed by atoms with Gasteiger partial charge in [-0.1, -0.05) is 0 Å². The first-order chi connectivity index (χ1) is 12.4. The number of nitrogens with one attached hydrogen (secondary N) is 1. The lowest BCUT2D eigenvalue weighted by atomic mass is 9.95. The fourth-order valence-electron chi connectivity index (χ4n) is 5.19. The van der Waals surface area contributed by atoms with Gasteiger partial charge in [0, 0.05) is 36.7 Å². The molecule has 1 amide bonds. The molecule has 26 heavy (non-hydrogen) atoms. The zero-order valence-corrected chi connectivity index (χ0v) is 16.5. The van der Waals surface area contributed by atoms with E-state index in [1.54, 1.807) is 0 Å². The summed E-state index contributed by atoms with van der Waals surface area (Å²) in [4.78, 5) is 17.8. The van der Waals surface area contributed by atoms with Crippen molar-refractivity contribution in [1.29, 1.82) is 0 Å². The summed E-state index contributed by atoms with van der Waals surface area (Å²) in [6, 6.07) is 0.609. The quantitative estimate of drug-likeness (QED) is 0.881. The molecule has 0 aromatic carbocycles. The second-order valence-corrected chi connectivity index (χ2v) is 8.89. The first kappa shape index (κ1) is 18.0. The van der Waals surface area contributed by atoms with Gasteiger partial charge >= 0.3 is 0 Å². The van der Waals surface area contributed by atoms with Crippen molar-refractivity contribution in [2.75, 3.05) is 19.6 Å². The number of amides is 1. The Bertz CT molecular complexity index is 675. The van der Waals surface area contributed by atoms with Gasteiger partial charge in [0.1, 0.15) is 0 Å². The Kier molecular flexibility index (Phi) is 4.59. The van der Waals surface area contributed by atoms with Gasteiger partial charge in [0.05, 0.1) is 17.9 Å². The van der Waals surface area contributed by atoms with Crippen molar-refractivity contribution in [1.82, 2.24) is 20.0 Å². The van der Waals surface area contributed by atoms with Crippen LogP contribution in [0.5, 0.6) is 0 Å². The summed E-state index contributed by atoms with van der Waals surface area (Å²) >= 11 is 0. The highest BCUT2D eigenvalue weighted by Crippen LogP contribution is 2.34. The molecule has 3 aliphatic heterocycles. The lowest BCUT2D eigenvalue weighted by Crippen LogP contribution is -2.51. The van der Waals surface area contributed by atoms with E-state index in [1.165, 1.54) is 19.4 Å². The monoisotopic (exact) mass is 360 g/mol. The third-order valence-corrected chi connectivity index (χ3v) is 6.59. The van der Waals surface area contributed by atoms with E-state index in [9.17, 15) is 4.79 Å². The Morgan fingerprint density at radius 3 is 2.62 bits per heavy atom. The Hall–Kier alpha value is -1.40. The van der Waals surface area contributed by atoms with Crippen molar-refractivity contribution < 1.29 is 9.53 Å².